The quantitative estimate of drug-likeness (QED) is 0.794. The number of carbonyl (C=O) groups is 1. The molecule has 1 aromatic rings. The van der Waals surface area contributed by atoms with Gasteiger partial charge in [0, 0.05) is 25.5 Å². The Bertz CT molecular complexity index is 337. The first-order valence-corrected chi connectivity index (χ1v) is 4.44. The van der Waals surface area contributed by atoms with Gasteiger partial charge in [0.05, 0.1) is 5.69 Å². The van der Waals surface area contributed by atoms with Crippen LogP contribution in [0, 0.1) is 0 Å². The van der Waals surface area contributed by atoms with Crippen molar-refractivity contribution in [3.05, 3.63) is 24.0 Å². The molecule has 1 aromatic heterocycles. The first-order valence-electron chi connectivity index (χ1n) is 4.44. The summed E-state index contributed by atoms with van der Waals surface area (Å²) in [6.07, 6.45) is 2.97. The lowest BCUT2D eigenvalue weighted by atomic mass is 10.2. The average Bonchev–Trinajstić information content (AvgIpc) is 2.16. The van der Waals surface area contributed by atoms with Gasteiger partial charge < -0.3 is 10.0 Å². The van der Waals surface area contributed by atoms with E-state index in [1.165, 1.54) is 6.20 Å². The van der Waals surface area contributed by atoms with E-state index in [1.807, 2.05) is 25.8 Å². The van der Waals surface area contributed by atoms with Gasteiger partial charge in [0.1, 0.15) is 5.56 Å². The molecular formula is C10H14N2O2. The van der Waals surface area contributed by atoms with Gasteiger partial charge in [0.2, 0.25) is 0 Å². The summed E-state index contributed by atoms with van der Waals surface area (Å²) < 4.78 is 0. The first-order chi connectivity index (χ1) is 6.54. The lowest BCUT2D eigenvalue weighted by Crippen LogP contribution is -2.27. The van der Waals surface area contributed by atoms with Crippen LogP contribution in [0.3, 0.4) is 0 Å². The number of carboxylic acids is 1. The molecule has 0 atom stereocenters. The van der Waals surface area contributed by atoms with Crippen LogP contribution in [0.25, 0.3) is 0 Å². The van der Waals surface area contributed by atoms with Gasteiger partial charge in [0.15, 0.2) is 0 Å². The van der Waals surface area contributed by atoms with Gasteiger partial charge >= 0.3 is 5.97 Å². The fourth-order valence-corrected chi connectivity index (χ4v) is 1.14. The van der Waals surface area contributed by atoms with E-state index >= 15 is 0 Å². The van der Waals surface area contributed by atoms with Gasteiger partial charge in [-0.3, -0.25) is 4.98 Å². The summed E-state index contributed by atoms with van der Waals surface area (Å²) in [5.41, 5.74) is 0.936. The Morgan fingerprint density at radius 1 is 1.57 bits per heavy atom. The molecule has 0 unspecified atom stereocenters. The summed E-state index contributed by atoms with van der Waals surface area (Å²) in [5.74, 6) is -0.944. The van der Waals surface area contributed by atoms with Gasteiger partial charge in [-0.05, 0) is 19.9 Å². The number of hydrogen-bond acceptors (Lipinski definition) is 3. The topological polar surface area (TPSA) is 53.4 Å². The number of hydrogen-bond donors (Lipinski definition) is 1. The highest BCUT2D eigenvalue weighted by molar-refractivity contribution is 5.94. The second kappa shape index (κ2) is 4.09. The fraction of sp³-hybridized carbons (Fsp3) is 0.400. The number of anilines is 1. The molecule has 1 heterocycles. The zero-order valence-corrected chi connectivity index (χ0v) is 8.56. The van der Waals surface area contributed by atoms with Gasteiger partial charge in [-0.15, -0.1) is 0 Å². The van der Waals surface area contributed by atoms with Crippen LogP contribution < -0.4 is 4.90 Å². The van der Waals surface area contributed by atoms with Gasteiger partial charge in [-0.1, -0.05) is 0 Å². The molecule has 0 saturated carbocycles. The largest absolute Gasteiger partial charge is 0.478 e. The van der Waals surface area contributed by atoms with Crippen molar-refractivity contribution >= 4 is 11.7 Å². The smallest absolute Gasteiger partial charge is 0.339 e. The molecule has 1 N–H and O–H groups in total. The van der Waals surface area contributed by atoms with Crippen molar-refractivity contribution in [2.75, 3.05) is 11.9 Å². The molecule has 0 fully saturated rings. The van der Waals surface area contributed by atoms with E-state index in [1.54, 1.807) is 12.3 Å². The Morgan fingerprint density at radius 3 is 2.71 bits per heavy atom. The molecule has 0 spiro atoms. The van der Waals surface area contributed by atoms with E-state index in [4.69, 9.17) is 5.11 Å². The van der Waals surface area contributed by atoms with Crippen LogP contribution in [-0.2, 0) is 0 Å². The summed E-state index contributed by atoms with van der Waals surface area (Å²) in [7, 11) is 1.87. The maximum Gasteiger partial charge on any atom is 0.339 e. The van der Waals surface area contributed by atoms with E-state index in [2.05, 4.69) is 4.98 Å². The second-order valence-electron chi connectivity index (χ2n) is 3.40. The zero-order valence-electron chi connectivity index (χ0n) is 8.56. The Kier molecular flexibility index (Phi) is 3.06. The SMILES string of the molecule is CC(C)N(C)c1ccncc1C(=O)O. The van der Waals surface area contributed by atoms with Gasteiger partial charge in [0.25, 0.3) is 0 Å². The minimum absolute atomic E-state index is 0.240. The molecule has 4 heteroatoms. The van der Waals surface area contributed by atoms with E-state index in [9.17, 15) is 4.79 Å². The summed E-state index contributed by atoms with van der Waals surface area (Å²) in [4.78, 5) is 16.6. The van der Waals surface area contributed by atoms with Crippen LogP contribution in [0.5, 0.6) is 0 Å². The van der Waals surface area contributed by atoms with Crippen LogP contribution in [0.4, 0.5) is 5.69 Å². The standard InChI is InChI=1S/C10H14N2O2/c1-7(2)12(3)9-4-5-11-6-8(9)10(13)14/h4-7H,1-3H3,(H,13,14). The molecule has 0 aliphatic heterocycles. The van der Waals surface area contributed by atoms with Crippen molar-refractivity contribution in [1.29, 1.82) is 0 Å². The minimum Gasteiger partial charge on any atom is -0.478 e. The van der Waals surface area contributed by atoms with Crippen LogP contribution in [0.1, 0.15) is 24.2 Å². The minimum atomic E-state index is -0.944. The van der Waals surface area contributed by atoms with Crippen molar-refractivity contribution in [2.24, 2.45) is 0 Å². The molecule has 1 rings (SSSR count). The normalized spacial score (nSPS) is 10.3. The average molecular weight is 194 g/mol. The number of rotatable bonds is 3. The highest BCUT2D eigenvalue weighted by Crippen LogP contribution is 2.19. The third-order valence-corrected chi connectivity index (χ3v) is 2.18. The number of carboxylic acid groups (broad SMARTS) is 1. The fourth-order valence-electron chi connectivity index (χ4n) is 1.14. The number of aromatic carboxylic acids is 1. The van der Waals surface area contributed by atoms with E-state index < -0.39 is 5.97 Å². The Hall–Kier alpha value is -1.58. The lowest BCUT2D eigenvalue weighted by Gasteiger charge is -2.24. The van der Waals surface area contributed by atoms with Crippen molar-refractivity contribution in [1.82, 2.24) is 4.98 Å². The molecule has 0 aliphatic rings. The zero-order chi connectivity index (χ0) is 10.7. The van der Waals surface area contributed by atoms with E-state index in [0.29, 0.717) is 5.69 Å². The Balaban J connectivity index is 3.13. The van der Waals surface area contributed by atoms with Crippen LogP contribution in [-0.4, -0.2) is 29.1 Å². The maximum absolute atomic E-state index is 10.9. The summed E-state index contributed by atoms with van der Waals surface area (Å²) in [6, 6.07) is 1.97. The highest BCUT2D eigenvalue weighted by Gasteiger charge is 2.14. The van der Waals surface area contributed by atoms with Crippen LogP contribution in [0.15, 0.2) is 18.5 Å². The second-order valence-corrected chi connectivity index (χ2v) is 3.40. The van der Waals surface area contributed by atoms with Crippen molar-refractivity contribution < 1.29 is 9.90 Å². The van der Waals surface area contributed by atoms with Crippen molar-refractivity contribution in [3.8, 4) is 0 Å². The predicted octanol–water partition coefficient (Wildman–Crippen LogP) is 1.62. The molecular weight excluding hydrogens is 180 g/mol. The van der Waals surface area contributed by atoms with E-state index in [0.717, 1.165) is 0 Å². The molecule has 76 valence electrons. The molecule has 4 nitrogen and oxygen atoms in total. The summed E-state index contributed by atoms with van der Waals surface area (Å²) >= 11 is 0. The van der Waals surface area contributed by atoms with Gasteiger partial charge in [-0.25, -0.2) is 4.79 Å². The first kappa shape index (κ1) is 10.5. The van der Waals surface area contributed by atoms with E-state index in [-0.39, 0.29) is 11.6 Å². The maximum atomic E-state index is 10.9. The van der Waals surface area contributed by atoms with Crippen molar-refractivity contribution in [2.45, 2.75) is 19.9 Å². The Labute approximate surface area is 83.2 Å². The van der Waals surface area contributed by atoms with Crippen LogP contribution >= 0.6 is 0 Å². The lowest BCUT2D eigenvalue weighted by molar-refractivity contribution is 0.0697. The monoisotopic (exact) mass is 194 g/mol. The van der Waals surface area contributed by atoms with Crippen molar-refractivity contribution in [3.63, 3.8) is 0 Å². The molecule has 0 aliphatic carbocycles. The van der Waals surface area contributed by atoms with Gasteiger partial charge in [-0.2, -0.15) is 0 Å². The highest BCUT2D eigenvalue weighted by atomic mass is 16.4. The summed E-state index contributed by atoms with van der Waals surface area (Å²) in [6.45, 7) is 4.01. The predicted molar refractivity (Wildman–Crippen MR) is 54.7 cm³/mol. The summed E-state index contributed by atoms with van der Waals surface area (Å²) in [5, 5.41) is 8.93. The molecule has 0 saturated heterocycles. The number of pyridine rings is 1. The third kappa shape index (κ3) is 2.02. The molecule has 0 aromatic carbocycles. The Morgan fingerprint density at radius 2 is 2.21 bits per heavy atom. The number of nitrogens with zero attached hydrogens (tertiary/aromatic N) is 2. The molecule has 14 heavy (non-hydrogen) atoms. The number of aromatic nitrogens is 1. The molecule has 0 bridgehead atoms. The molecule has 0 radical (unpaired) electrons. The van der Waals surface area contributed by atoms with Crippen LogP contribution in [0.2, 0.25) is 0 Å². The third-order valence-electron chi connectivity index (χ3n) is 2.18. The molecule has 0 amide bonds.